The Labute approximate surface area is 156 Å². The number of piperidine rings is 1. The van der Waals surface area contributed by atoms with Gasteiger partial charge in [-0.1, -0.05) is 48.0 Å². The summed E-state index contributed by atoms with van der Waals surface area (Å²) >= 11 is 0. The third kappa shape index (κ3) is 5.54. The number of nitrogens with zero attached hydrogens (tertiary/aromatic N) is 1. The van der Waals surface area contributed by atoms with Gasteiger partial charge in [0.05, 0.1) is 4.90 Å². The van der Waals surface area contributed by atoms with Crippen LogP contribution in [0.25, 0.3) is 0 Å². The smallest absolute Gasteiger partial charge is 0.240 e. The molecule has 1 fully saturated rings. The van der Waals surface area contributed by atoms with Crippen molar-refractivity contribution in [3.63, 3.8) is 0 Å². The van der Waals surface area contributed by atoms with Crippen LogP contribution in [0.3, 0.4) is 0 Å². The van der Waals surface area contributed by atoms with E-state index in [-0.39, 0.29) is 18.4 Å². The maximum Gasteiger partial charge on any atom is 0.240 e. The molecule has 3 rings (SSSR count). The van der Waals surface area contributed by atoms with Crippen molar-refractivity contribution in [3.05, 3.63) is 65.7 Å². The van der Waals surface area contributed by atoms with Crippen LogP contribution in [0, 0.1) is 6.92 Å². The Kier molecular flexibility index (Phi) is 7.02. The highest BCUT2D eigenvalue weighted by Crippen LogP contribution is 2.17. The standard InChI is InChI=1S/C19H24N2O2S.ClH/c1-16-7-9-19(10-8-16)24(22,23)20-18-11-13-21(14-12-18)15-17-5-3-2-4-6-17;/h2-10,18,20H,11-15H2,1H3;1H. The van der Waals surface area contributed by atoms with Gasteiger partial charge >= 0.3 is 0 Å². The van der Waals surface area contributed by atoms with Crippen molar-refractivity contribution in [2.45, 2.75) is 37.2 Å². The number of hydrogen-bond acceptors (Lipinski definition) is 3. The molecule has 4 nitrogen and oxygen atoms in total. The second kappa shape index (κ2) is 8.81. The molecule has 0 saturated carbocycles. The van der Waals surface area contributed by atoms with E-state index < -0.39 is 10.0 Å². The Bertz CT molecular complexity index is 756. The molecule has 1 aliphatic heterocycles. The number of hydrogen-bond donors (Lipinski definition) is 1. The summed E-state index contributed by atoms with van der Waals surface area (Å²) in [6.07, 6.45) is 1.69. The van der Waals surface area contributed by atoms with Gasteiger partial charge in [0.15, 0.2) is 0 Å². The van der Waals surface area contributed by atoms with Gasteiger partial charge in [-0.15, -0.1) is 12.4 Å². The van der Waals surface area contributed by atoms with E-state index in [1.165, 1.54) is 5.56 Å². The highest BCUT2D eigenvalue weighted by Gasteiger charge is 2.24. The van der Waals surface area contributed by atoms with E-state index in [1.54, 1.807) is 12.1 Å². The van der Waals surface area contributed by atoms with Crippen molar-refractivity contribution in [2.24, 2.45) is 0 Å². The van der Waals surface area contributed by atoms with Gasteiger partial charge in [0.2, 0.25) is 10.0 Å². The third-order valence-corrected chi connectivity index (χ3v) is 6.03. The van der Waals surface area contributed by atoms with Gasteiger partial charge in [0.1, 0.15) is 0 Å². The quantitative estimate of drug-likeness (QED) is 0.865. The fourth-order valence-electron chi connectivity index (χ4n) is 3.06. The molecule has 6 heteroatoms. The molecule has 0 aromatic heterocycles. The fourth-order valence-corrected chi connectivity index (χ4v) is 4.36. The Hall–Kier alpha value is -1.40. The van der Waals surface area contributed by atoms with E-state index in [9.17, 15) is 8.42 Å². The van der Waals surface area contributed by atoms with Gasteiger partial charge in [-0.25, -0.2) is 13.1 Å². The fraction of sp³-hybridized carbons (Fsp3) is 0.368. The topological polar surface area (TPSA) is 49.4 Å². The predicted molar refractivity (Wildman–Crippen MR) is 103 cm³/mol. The molecule has 1 N–H and O–H groups in total. The first-order valence-electron chi connectivity index (χ1n) is 8.38. The lowest BCUT2D eigenvalue weighted by atomic mass is 10.1. The summed E-state index contributed by atoms with van der Waals surface area (Å²) in [5.74, 6) is 0. The molecule has 0 amide bonds. The van der Waals surface area contributed by atoms with Crippen LogP contribution >= 0.6 is 12.4 Å². The molecule has 136 valence electrons. The van der Waals surface area contributed by atoms with E-state index >= 15 is 0 Å². The first-order valence-corrected chi connectivity index (χ1v) is 9.86. The zero-order valence-corrected chi connectivity index (χ0v) is 16.0. The molecule has 1 aliphatic rings. The van der Waals surface area contributed by atoms with E-state index in [0.29, 0.717) is 4.90 Å². The van der Waals surface area contributed by atoms with Crippen molar-refractivity contribution in [3.8, 4) is 0 Å². The van der Waals surface area contributed by atoms with Crippen molar-refractivity contribution in [1.29, 1.82) is 0 Å². The zero-order valence-electron chi connectivity index (χ0n) is 14.4. The van der Waals surface area contributed by atoms with Gasteiger partial charge < -0.3 is 0 Å². The molecular weight excluding hydrogens is 356 g/mol. The van der Waals surface area contributed by atoms with Crippen LogP contribution in [0.1, 0.15) is 24.0 Å². The van der Waals surface area contributed by atoms with Crippen LogP contribution in [0.2, 0.25) is 0 Å². The number of sulfonamides is 1. The lowest BCUT2D eigenvalue weighted by molar-refractivity contribution is 0.200. The summed E-state index contributed by atoms with van der Waals surface area (Å²) in [5, 5.41) is 0. The van der Waals surface area contributed by atoms with Crippen molar-refractivity contribution in [1.82, 2.24) is 9.62 Å². The van der Waals surface area contributed by atoms with Crippen molar-refractivity contribution < 1.29 is 8.42 Å². The average molecular weight is 381 g/mol. The minimum absolute atomic E-state index is 0. The van der Waals surface area contributed by atoms with Crippen LogP contribution in [0.5, 0.6) is 0 Å². The maximum atomic E-state index is 12.5. The first-order chi connectivity index (χ1) is 11.5. The molecule has 0 aliphatic carbocycles. The number of aryl methyl sites for hydroxylation is 1. The lowest BCUT2D eigenvalue weighted by Crippen LogP contribution is -2.44. The minimum Gasteiger partial charge on any atom is -0.299 e. The molecular formula is C19H25ClN2O2S. The summed E-state index contributed by atoms with van der Waals surface area (Å²) < 4.78 is 27.8. The van der Waals surface area contributed by atoms with E-state index in [1.807, 2.05) is 25.1 Å². The summed E-state index contributed by atoms with van der Waals surface area (Å²) in [6.45, 7) is 4.70. The van der Waals surface area contributed by atoms with Crippen LogP contribution in [-0.4, -0.2) is 32.4 Å². The van der Waals surface area contributed by atoms with Crippen LogP contribution in [0.15, 0.2) is 59.5 Å². The number of rotatable bonds is 5. The monoisotopic (exact) mass is 380 g/mol. The van der Waals surface area contributed by atoms with Crippen LogP contribution in [-0.2, 0) is 16.6 Å². The highest BCUT2D eigenvalue weighted by molar-refractivity contribution is 7.89. The summed E-state index contributed by atoms with van der Waals surface area (Å²) in [4.78, 5) is 2.73. The van der Waals surface area contributed by atoms with Gasteiger partial charge in [0.25, 0.3) is 0 Å². The third-order valence-electron chi connectivity index (χ3n) is 4.49. The number of nitrogens with one attached hydrogen (secondary N) is 1. The highest BCUT2D eigenvalue weighted by atomic mass is 35.5. The van der Waals surface area contributed by atoms with E-state index in [4.69, 9.17) is 0 Å². The number of benzene rings is 2. The van der Waals surface area contributed by atoms with Gasteiger partial charge in [0, 0.05) is 25.7 Å². The summed E-state index contributed by atoms with van der Waals surface area (Å²) in [5.41, 5.74) is 2.36. The minimum atomic E-state index is -3.42. The molecule has 0 spiro atoms. The normalized spacial score (nSPS) is 16.4. The Morgan fingerprint density at radius 3 is 2.20 bits per heavy atom. The maximum absolute atomic E-state index is 12.5. The molecule has 2 aromatic carbocycles. The Morgan fingerprint density at radius 1 is 1.00 bits per heavy atom. The van der Waals surface area contributed by atoms with E-state index in [0.717, 1.165) is 38.0 Å². The Balaban J connectivity index is 0.00000225. The van der Waals surface area contributed by atoms with Gasteiger partial charge in [-0.2, -0.15) is 0 Å². The molecule has 2 aromatic rings. The molecule has 0 atom stereocenters. The molecule has 25 heavy (non-hydrogen) atoms. The first kappa shape index (κ1) is 19.9. The SMILES string of the molecule is Cc1ccc(S(=O)(=O)NC2CCN(Cc3ccccc3)CC2)cc1.Cl. The molecule has 1 heterocycles. The van der Waals surface area contributed by atoms with Crippen molar-refractivity contribution >= 4 is 22.4 Å². The number of likely N-dealkylation sites (tertiary alicyclic amines) is 1. The molecule has 1 saturated heterocycles. The summed E-state index contributed by atoms with van der Waals surface area (Å²) in [7, 11) is -3.42. The second-order valence-electron chi connectivity index (χ2n) is 6.47. The largest absolute Gasteiger partial charge is 0.299 e. The average Bonchev–Trinajstić information content (AvgIpc) is 2.58. The Morgan fingerprint density at radius 2 is 1.60 bits per heavy atom. The number of halogens is 1. The second-order valence-corrected chi connectivity index (χ2v) is 8.18. The molecule has 0 unspecified atom stereocenters. The molecule has 0 radical (unpaired) electrons. The van der Waals surface area contributed by atoms with Gasteiger partial charge in [-0.3, -0.25) is 4.90 Å². The zero-order chi connectivity index (χ0) is 17.0. The van der Waals surface area contributed by atoms with Crippen LogP contribution < -0.4 is 4.72 Å². The predicted octanol–water partition coefficient (Wildman–Crippen LogP) is 3.36. The van der Waals surface area contributed by atoms with Gasteiger partial charge in [-0.05, 0) is 37.5 Å². The summed E-state index contributed by atoms with van der Waals surface area (Å²) in [6, 6.07) is 17.4. The van der Waals surface area contributed by atoms with Crippen molar-refractivity contribution in [2.75, 3.05) is 13.1 Å². The molecule has 0 bridgehead atoms. The van der Waals surface area contributed by atoms with E-state index in [2.05, 4.69) is 33.9 Å². The lowest BCUT2D eigenvalue weighted by Gasteiger charge is -2.32. The van der Waals surface area contributed by atoms with Crippen LogP contribution in [0.4, 0.5) is 0 Å².